The SMILES string of the molecule is Cc1ccc(C2=CC(c3ccc(F)cc3)n3nc(NC(=O)c4ccc(Cl)cc4)nc3N2)cc1. The van der Waals surface area contributed by atoms with E-state index < -0.39 is 0 Å². The van der Waals surface area contributed by atoms with Gasteiger partial charge >= 0.3 is 0 Å². The molecule has 8 heteroatoms. The fraction of sp³-hybridized carbons (Fsp3) is 0.0800. The summed E-state index contributed by atoms with van der Waals surface area (Å²) in [5, 5.41) is 11.1. The zero-order valence-corrected chi connectivity index (χ0v) is 18.3. The zero-order chi connectivity index (χ0) is 22.9. The van der Waals surface area contributed by atoms with Gasteiger partial charge in [-0.3, -0.25) is 10.1 Å². The van der Waals surface area contributed by atoms with Crippen molar-refractivity contribution in [1.29, 1.82) is 0 Å². The molecule has 2 N–H and O–H groups in total. The number of amides is 1. The summed E-state index contributed by atoms with van der Waals surface area (Å²) in [6, 6.07) is 20.6. The minimum absolute atomic E-state index is 0.156. The number of aromatic nitrogens is 3. The molecule has 0 radical (unpaired) electrons. The quantitative estimate of drug-likeness (QED) is 0.411. The summed E-state index contributed by atoms with van der Waals surface area (Å²) in [5.41, 5.74) is 4.26. The lowest BCUT2D eigenvalue weighted by Gasteiger charge is -2.24. The van der Waals surface area contributed by atoms with Crippen LogP contribution >= 0.6 is 11.6 Å². The zero-order valence-electron chi connectivity index (χ0n) is 17.6. The summed E-state index contributed by atoms with van der Waals surface area (Å²) >= 11 is 5.90. The van der Waals surface area contributed by atoms with Gasteiger partial charge < -0.3 is 5.32 Å². The highest BCUT2D eigenvalue weighted by atomic mass is 35.5. The number of hydrogen-bond acceptors (Lipinski definition) is 4. The minimum Gasteiger partial charge on any atom is -0.324 e. The molecule has 0 spiro atoms. The first kappa shape index (κ1) is 20.9. The van der Waals surface area contributed by atoms with Crippen LogP contribution in [0.15, 0.2) is 78.9 Å². The second kappa shape index (κ2) is 8.52. The Labute approximate surface area is 194 Å². The molecule has 0 saturated heterocycles. The van der Waals surface area contributed by atoms with Crippen molar-refractivity contribution >= 4 is 35.1 Å². The van der Waals surface area contributed by atoms with Crippen LogP contribution in [0.1, 0.15) is 33.1 Å². The van der Waals surface area contributed by atoms with Gasteiger partial charge in [-0.05, 0) is 60.5 Å². The molecule has 1 aromatic heterocycles. The molecule has 1 atom stereocenters. The Bertz CT molecular complexity index is 1350. The third-order valence-corrected chi connectivity index (χ3v) is 5.62. The van der Waals surface area contributed by atoms with Gasteiger partial charge in [-0.25, -0.2) is 9.07 Å². The summed E-state index contributed by atoms with van der Waals surface area (Å²) in [6.45, 7) is 2.03. The molecule has 0 bridgehead atoms. The van der Waals surface area contributed by atoms with Gasteiger partial charge in [-0.1, -0.05) is 53.6 Å². The van der Waals surface area contributed by atoms with E-state index in [0.717, 1.165) is 22.4 Å². The van der Waals surface area contributed by atoms with Crippen molar-refractivity contribution in [3.05, 3.63) is 112 Å². The van der Waals surface area contributed by atoms with Crippen LogP contribution in [-0.2, 0) is 0 Å². The largest absolute Gasteiger partial charge is 0.324 e. The predicted molar refractivity (Wildman–Crippen MR) is 127 cm³/mol. The molecule has 1 aliphatic rings. The van der Waals surface area contributed by atoms with Crippen LogP contribution in [0.5, 0.6) is 0 Å². The number of allylic oxidation sites excluding steroid dienone is 1. The Morgan fingerprint density at radius 3 is 2.42 bits per heavy atom. The Kier molecular flexibility index (Phi) is 5.40. The number of nitrogens with zero attached hydrogens (tertiary/aromatic N) is 3. The Hall–Kier alpha value is -3.97. The standard InChI is InChI=1S/C25H19ClFN5O/c1-15-2-4-16(5-3-15)21-14-22(17-8-12-20(27)13-9-17)32-25(28-21)30-24(31-32)29-23(33)18-6-10-19(26)11-7-18/h2-14,22H,1H3,(H2,28,29,30,31,33). The van der Waals surface area contributed by atoms with Crippen LogP contribution in [0.3, 0.4) is 0 Å². The number of anilines is 2. The molecule has 4 aromatic rings. The van der Waals surface area contributed by atoms with Crippen molar-refractivity contribution in [3.63, 3.8) is 0 Å². The molecule has 2 heterocycles. The maximum atomic E-state index is 13.5. The number of benzene rings is 3. The van der Waals surface area contributed by atoms with Crippen molar-refractivity contribution in [2.75, 3.05) is 10.6 Å². The van der Waals surface area contributed by atoms with Gasteiger partial charge in [0.15, 0.2) is 0 Å². The van der Waals surface area contributed by atoms with Crippen LogP contribution in [0, 0.1) is 12.7 Å². The summed E-state index contributed by atoms with van der Waals surface area (Å²) in [6.07, 6.45) is 2.00. The highest BCUT2D eigenvalue weighted by molar-refractivity contribution is 6.30. The molecule has 164 valence electrons. The molecule has 3 aromatic carbocycles. The van der Waals surface area contributed by atoms with E-state index in [1.807, 2.05) is 37.3 Å². The summed E-state index contributed by atoms with van der Waals surface area (Å²) in [4.78, 5) is 17.1. The van der Waals surface area contributed by atoms with E-state index in [9.17, 15) is 9.18 Å². The van der Waals surface area contributed by atoms with Gasteiger partial charge in [-0.2, -0.15) is 4.98 Å². The highest BCUT2D eigenvalue weighted by Crippen LogP contribution is 2.33. The van der Waals surface area contributed by atoms with E-state index in [-0.39, 0.29) is 23.7 Å². The summed E-state index contributed by atoms with van der Waals surface area (Å²) in [5.74, 6) is -0.0401. The van der Waals surface area contributed by atoms with Gasteiger partial charge in [-0.15, -0.1) is 5.10 Å². The molecular formula is C25H19ClFN5O. The minimum atomic E-state index is -0.348. The Morgan fingerprint density at radius 2 is 1.73 bits per heavy atom. The van der Waals surface area contributed by atoms with Gasteiger partial charge in [0, 0.05) is 16.3 Å². The van der Waals surface area contributed by atoms with E-state index in [1.54, 1.807) is 41.1 Å². The van der Waals surface area contributed by atoms with E-state index in [4.69, 9.17) is 11.6 Å². The number of carbonyl (C=O) groups is 1. The topological polar surface area (TPSA) is 71.8 Å². The summed E-state index contributed by atoms with van der Waals surface area (Å²) < 4.78 is 15.2. The number of rotatable bonds is 4. The van der Waals surface area contributed by atoms with Gasteiger partial charge in [0.05, 0.1) is 0 Å². The highest BCUT2D eigenvalue weighted by Gasteiger charge is 2.26. The molecular weight excluding hydrogens is 441 g/mol. The molecule has 0 saturated carbocycles. The normalized spacial score (nSPS) is 14.8. The molecule has 5 rings (SSSR count). The van der Waals surface area contributed by atoms with E-state index in [2.05, 4.69) is 20.7 Å². The van der Waals surface area contributed by atoms with Crippen molar-refractivity contribution in [2.45, 2.75) is 13.0 Å². The fourth-order valence-corrected chi connectivity index (χ4v) is 3.75. The first-order valence-electron chi connectivity index (χ1n) is 10.3. The van der Waals surface area contributed by atoms with Crippen LogP contribution in [0.25, 0.3) is 5.70 Å². The van der Waals surface area contributed by atoms with Gasteiger partial charge in [0.25, 0.3) is 11.9 Å². The number of hydrogen-bond donors (Lipinski definition) is 2. The van der Waals surface area contributed by atoms with Crippen LogP contribution in [0.2, 0.25) is 5.02 Å². The van der Waals surface area contributed by atoms with Crippen LogP contribution in [-0.4, -0.2) is 20.7 Å². The second-order valence-corrected chi connectivity index (χ2v) is 8.17. The van der Waals surface area contributed by atoms with E-state index in [0.29, 0.717) is 16.5 Å². The van der Waals surface area contributed by atoms with Gasteiger partial charge in [0.2, 0.25) is 5.95 Å². The molecule has 6 nitrogen and oxygen atoms in total. The number of aryl methyl sites for hydroxylation is 1. The first-order valence-corrected chi connectivity index (χ1v) is 10.7. The molecule has 0 fully saturated rings. The van der Waals surface area contributed by atoms with Crippen LogP contribution in [0.4, 0.5) is 16.3 Å². The lowest BCUT2D eigenvalue weighted by molar-refractivity contribution is 0.102. The maximum Gasteiger partial charge on any atom is 0.258 e. The molecule has 1 aliphatic heterocycles. The second-order valence-electron chi connectivity index (χ2n) is 7.73. The molecule has 1 amide bonds. The number of nitrogens with one attached hydrogen (secondary N) is 2. The fourth-order valence-electron chi connectivity index (χ4n) is 3.62. The third kappa shape index (κ3) is 4.36. The monoisotopic (exact) mass is 459 g/mol. The predicted octanol–water partition coefficient (Wildman–Crippen LogP) is 5.69. The maximum absolute atomic E-state index is 13.5. The third-order valence-electron chi connectivity index (χ3n) is 5.37. The number of carbonyl (C=O) groups excluding carboxylic acids is 1. The smallest absolute Gasteiger partial charge is 0.258 e. The molecule has 33 heavy (non-hydrogen) atoms. The average molecular weight is 460 g/mol. The number of fused-ring (bicyclic) bond motifs is 1. The van der Waals surface area contributed by atoms with Crippen LogP contribution < -0.4 is 10.6 Å². The average Bonchev–Trinajstić information content (AvgIpc) is 3.22. The Balaban J connectivity index is 1.50. The van der Waals surface area contributed by atoms with Crippen molar-refractivity contribution < 1.29 is 9.18 Å². The van der Waals surface area contributed by atoms with Gasteiger partial charge in [0.1, 0.15) is 11.9 Å². The lowest BCUT2D eigenvalue weighted by Crippen LogP contribution is -2.20. The molecule has 1 unspecified atom stereocenters. The van der Waals surface area contributed by atoms with E-state index >= 15 is 0 Å². The number of halogens is 2. The van der Waals surface area contributed by atoms with Crippen molar-refractivity contribution in [2.24, 2.45) is 0 Å². The van der Waals surface area contributed by atoms with Crippen molar-refractivity contribution in [3.8, 4) is 0 Å². The molecule has 0 aliphatic carbocycles. The van der Waals surface area contributed by atoms with E-state index in [1.165, 1.54) is 12.1 Å². The lowest BCUT2D eigenvalue weighted by atomic mass is 10.0. The summed E-state index contributed by atoms with van der Waals surface area (Å²) in [7, 11) is 0. The van der Waals surface area contributed by atoms with Crippen molar-refractivity contribution in [1.82, 2.24) is 14.8 Å². The Morgan fingerprint density at radius 1 is 1.03 bits per heavy atom. The first-order chi connectivity index (χ1) is 16.0.